The Hall–Kier alpha value is -1.88. The molecule has 1 aliphatic rings. The number of amides is 2. The van der Waals surface area contributed by atoms with Gasteiger partial charge in [-0.05, 0) is 37.5 Å². The average Bonchev–Trinajstić information content (AvgIpc) is 2.89. The highest BCUT2D eigenvalue weighted by Gasteiger charge is 2.34. The van der Waals surface area contributed by atoms with E-state index in [9.17, 15) is 14.7 Å². The molecule has 5 nitrogen and oxygen atoms in total. The molecular formula is C17H24N2O3. The summed E-state index contributed by atoms with van der Waals surface area (Å²) in [5, 5.41) is 12.0. The summed E-state index contributed by atoms with van der Waals surface area (Å²) in [5.74, 6) is -0.436. The molecule has 2 N–H and O–H groups in total. The number of nitrogens with one attached hydrogen (secondary N) is 1. The smallest absolute Gasteiger partial charge is 0.227 e. The van der Waals surface area contributed by atoms with E-state index in [4.69, 9.17) is 0 Å². The van der Waals surface area contributed by atoms with Crippen molar-refractivity contribution in [1.82, 2.24) is 5.32 Å². The second-order valence-electron chi connectivity index (χ2n) is 5.85. The van der Waals surface area contributed by atoms with Gasteiger partial charge in [-0.2, -0.15) is 0 Å². The molecule has 2 unspecified atom stereocenters. The fourth-order valence-electron chi connectivity index (χ4n) is 2.59. The lowest BCUT2D eigenvalue weighted by Crippen LogP contribution is -2.34. The van der Waals surface area contributed by atoms with Crippen LogP contribution in [0, 0.1) is 5.92 Å². The highest BCUT2D eigenvalue weighted by molar-refractivity contribution is 6.00. The van der Waals surface area contributed by atoms with Crippen LogP contribution in [0.2, 0.25) is 0 Å². The molecule has 1 aliphatic heterocycles. The van der Waals surface area contributed by atoms with Gasteiger partial charge in [-0.1, -0.05) is 19.1 Å². The van der Waals surface area contributed by atoms with Gasteiger partial charge in [-0.25, -0.2) is 0 Å². The summed E-state index contributed by atoms with van der Waals surface area (Å²) < 4.78 is 0. The second-order valence-corrected chi connectivity index (χ2v) is 5.85. The molecule has 2 amide bonds. The van der Waals surface area contributed by atoms with Gasteiger partial charge in [0.1, 0.15) is 0 Å². The van der Waals surface area contributed by atoms with E-state index in [-0.39, 0.29) is 24.2 Å². The van der Waals surface area contributed by atoms with Crippen LogP contribution in [0.1, 0.15) is 32.3 Å². The molecular weight excluding hydrogens is 280 g/mol. The highest BCUT2D eigenvalue weighted by atomic mass is 16.3. The van der Waals surface area contributed by atoms with Crippen LogP contribution < -0.4 is 10.2 Å². The fourth-order valence-corrected chi connectivity index (χ4v) is 2.59. The first-order valence-corrected chi connectivity index (χ1v) is 7.86. The Morgan fingerprint density at radius 1 is 1.41 bits per heavy atom. The van der Waals surface area contributed by atoms with Crippen LogP contribution in [0.3, 0.4) is 0 Å². The molecule has 0 radical (unpaired) electrons. The highest BCUT2D eigenvalue weighted by Crippen LogP contribution is 2.25. The zero-order valence-corrected chi connectivity index (χ0v) is 13.2. The van der Waals surface area contributed by atoms with E-state index >= 15 is 0 Å². The number of anilines is 1. The van der Waals surface area contributed by atoms with Crippen molar-refractivity contribution >= 4 is 17.5 Å². The van der Waals surface area contributed by atoms with Gasteiger partial charge in [-0.15, -0.1) is 0 Å². The summed E-state index contributed by atoms with van der Waals surface area (Å²) in [6.07, 6.45) is 1.30. The third-order valence-electron chi connectivity index (χ3n) is 4.01. The molecule has 1 fully saturated rings. The maximum atomic E-state index is 12.1. The van der Waals surface area contributed by atoms with Crippen molar-refractivity contribution in [1.29, 1.82) is 0 Å². The van der Waals surface area contributed by atoms with Gasteiger partial charge in [-0.3, -0.25) is 9.59 Å². The Morgan fingerprint density at radius 3 is 2.68 bits per heavy atom. The Labute approximate surface area is 131 Å². The van der Waals surface area contributed by atoms with Gasteiger partial charge in [0.25, 0.3) is 0 Å². The predicted molar refractivity (Wildman–Crippen MR) is 85.6 cm³/mol. The summed E-state index contributed by atoms with van der Waals surface area (Å²) in [7, 11) is 0. The van der Waals surface area contributed by atoms with Crippen molar-refractivity contribution in [3.63, 3.8) is 0 Å². The normalized spacial score (nSPS) is 19.3. The Balaban J connectivity index is 1.93. The van der Waals surface area contributed by atoms with E-state index in [1.165, 1.54) is 5.56 Å². The Bertz CT molecular complexity index is 525. The van der Waals surface area contributed by atoms with Crippen LogP contribution in [0.25, 0.3) is 0 Å². The van der Waals surface area contributed by atoms with Crippen LogP contribution in [0.15, 0.2) is 24.3 Å². The van der Waals surface area contributed by atoms with Crippen LogP contribution >= 0.6 is 0 Å². The first kappa shape index (κ1) is 16.5. The molecule has 22 heavy (non-hydrogen) atoms. The minimum absolute atomic E-state index is 0.0140. The zero-order valence-electron chi connectivity index (χ0n) is 13.2. The number of benzene rings is 1. The number of aliphatic hydroxyl groups is 1. The number of rotatable bonds is 6. The Morgan fingerprint density at radius 2 is 2.09 bits per heavy atom. The molecule has 1 aromatic carbocycles. The minimum atomic E-state index is -0.431. The van der Waals surface area contributed by atoms with Crippen LogP contribution in [0.4, 0.5) is 5.69 Å². The molecule has 1 aromatic rings. The monoisotopic (exact) mass is 304 g/mol. The van der Waals surface area contributed by atoms with Gasteiger partial charge in [0.15, 0.2) is 0 Å². The van der Waals surface area contributed by atoms with Crippen molar-refractivity contribution < 1.29 is 14.7 Å². The van der Waals surface area contributed by atoms with Gasteiger partial charge in [0.2, 0.25) is 11.8 Å². The fraction of sp³-hybridized carbons (Fsp3) is 0.529. The lowest BCUT2D eigenvalue weighted by molar-refractivity contribution is -0.126. The zero-order chi connectivity index (χ0) is 16.1. The van der Waals surface area contributed by atoms with Crippen molar-refractivity contribution in [2.75, 3.05) is 18.0 Å². The van der Waals surface area contributed by atoms with E-state index in [0.717, 1.165) is 12.1 Å². The van der Waals surface area contributed by atoms with E-state index in [0.29, 0.717) is 19.5 Å². The summed E-state index contributed by atoms with van der Waals surface area (Å²) in [6.45, 7) is 4.63. The second kappa shape index (κ2) is 7.40. The van der Waals surface area contributed by atoms with Crippen LogP contribution in [-0.2, 0) is 16.0 Å². The summed E-state index contributed by atoms with van der Waals surface area (Å²) in [4.78, 5) is 25.9. The number of carbonyl (C=O) groups is 2. The first-order valence-electron chi connectivity index (χ1n) is 7.86. The molecule has 2 atom stereocenters. The summed E-state index contributed by atoms with van der Waals surface area (Å²) in [6, 6.07) is 7.90. The topological polar surface area (TPSA) is 69.6 Å². The first-order chi connectivity index (χ1) is 10.5. The minimum Gasteiger partial charge on any atom is -0.393 e. The average molecular weight is 304 g/mol. The molecule has 1 heterocycles. The van der Waals surface area contributed by atoms with Crippen molar-refractivity contribution in [2.45, 2.75) is 39.2 Å². The van der Waals surface area contributed by atoms with Crippen LogP contribution in [-0.4, -0.2) is 36.1 Å². The van der Waals surface area contributed by atoms with E-state index in [1.807, 2.05) is 24.3 Å². The standard InChI is InChI=1S/C17H24N2O3/c1-3-13-4-6-15(7-5-13)19-11-14(10-16(19)21)17(22)18-9-8-12(2)20/h4-7,12,14,20H,3,8-11H2,1-2H3,(H,18,22). The molecule has 0 bridgehead atoms. The maximum Gasteiger partial charge on any atom is 0.227 e. The van der Waals surface area contributed by atoms with Crippen molar-refractivity contribution in [2.24, 2.45) is 5.92 Å². The number of aryl methyl sites for hydroxylation is 1. The molecule has 2 rings (SSSR count). The summed E-state index contributed by atoms with van der Waals surface area (Å²) in [5.41, 5.74) is 2.07. The van der Waals surface area contributed by atoms with Crippen molar-refractivity contribution in [3.8, 4) is 0 Å². The van der Waals surface area contributed by atoms with Gasteiger partial charge in [0.05, 0.1) is 12.0 Å². The maximum absolute atomic E-state index is 12.1. The van der Waals surface area contributed by atoms with E-state index in [2.05, 4.69) is 12.2 Å². The van der Waals surface area contributed by atoms with Crippen LogP contribution in [0.5, 0.6) is 0 Å². The van der Waals surface area contributed by atoms with Gasteiger partial charge < -0.3 is 15.3 Å². The molecule has 120 valence electrons. The third-order valence-corrected chi connectivity index (χ3v) is 4.01. The lowest BCUT2D eigenvalue weighted by Gasteiger charge is -2.17. The molecule has 0 aliphatic carbocycles. The SMILES string of the molecule is CCc1ccc(N2CC(C(=O)NCCC(C)O)CC2=O)cc1. The van der Waals surface area contributed by atoms with Gasteiger partial charge in [0, 0.05) is 25.2 Å². The third kappa shape index (κ3) is 4.07. The predicted octanol–water partition coefficient (Wildman–Crippen LogP) is 1.49. The molecule has 1 saturated heterocycles. The van der Waals surface area contributed by atoms with Gasteiger partial charge >= 0.3 is 0 Å². The number of hydrogen-bond acceptors (Lipinski definition) is 3. The van der Waals surface area contributed by atoms with Crippen molar-refractivity contribution in [3.05, 3.63) is 29.8 Å². The largest absolute Gasteiger partial charge is 0.393 e. The Kier molecular flexibility index (Phi) is 5.55. The van der Waals surface area contributed by atoms with E-state index in [1.54, 1.807) is 11.8 Å². The number of nitrogens with zero attached hydrogens (tertiary/aromatic N) is 1. The number of hydrogen-bond donors (Lipinski definition) is 2. The molecule has 0 aromatic heterocycles. The number of aliphatic hydroxyl groups excluding tert-OH is 1. The van der Waals surface area contributed by atoms with E-state index < -0.39 is 6.10 Å². The summed E-state index contributed by atoms with van der Waals surface area (Å²) >= 11 is 0. The quantitative estimate of drug-likeness (QED) is 0.836. The molecule has 0 spiro atoms. The lowest BCUT2D eigenvalue weighted by atomic mass is 10.1. The molecule has 5 heteroatoms. The molecule has 0 saturated carbocycles. The number of carbonyl (C=O) groups excluding carboxylic acids is 2.